The van der Waals surface area contributed by atoms with Crippen LogP contribution in [0.15, 0.2) is 170 Å². The van der Waals surface area contributed by atoms with Gasteiger partial charge in [-0.15, -0.1) is 11.3 Å². The van der Waals surface area contributed by atoms with Crippen molar-refractivity contribution >= 4 is 48.6 Å². The minimum Gasteiger partial charge on any atom is -0.308 e. The third kappa shape index (κ3) is 4.74. The summed E-state index contributed by atoms with van der Waals surface area (Å²) in [5.74, 6) is 0. The molecule has 0 unspecified atom stereocenters. The van der Waals surface area contributed by atoms with E-state index in [-0.39, 0.29) is 0 Å². The summed E-state index contributed by atoms with van der Waals surface area (Å²) in [5.41, 5.74) is 9.94. The van der Waals surface area contributed by atoms with Gasteiger partial charge in [-0.2, -0.15) is 0 Å². The lowest BCUT2D eigenvalue weighted by atomic mass is 9.94. The molecule has 0 radical (unpaired) electrons. The van der Waals surface area contributed by atoms with E-state index in [0.717, 1.165) is 39.4 Å². The number of hydrogen-bond acceptors (Lipinski definition) is 3. The number of anilines is 3. The lowest BCUT2D eigenvalue weighted by Gasteiger charge is -2.30. The molecule has 0 saturated carbocycles. The second kappa shape index (κ2) is 11.3. The summed E-state index contributed by atoms with van der Waals surface area (Å²) in [4.78, 5) is 7.37. The van der Waals surface area contributed by atoms with E-state index in [4.69, 9.17) is 4.98 Å². The summed E-state index contributed by atoms with van der Waals surface area (Å²) in [6.45, 7) is 0. The molecule has 2 heterocycles. The Morgan fingerprint density at radius 2 is 1.00 bits per heavy atom. The molecule has 2 aromatic heterocycles. The highest BCUT2D eigenvalue weighted by molar-refractivity contribution is 7.25. The first-order valence-electron chi connectivity index (χ1n) is 14.8. The van der Waals surface area contributed by atoms with Crippen LogP contribution in [0, 0.1) is 0 Å². The van der Waals surface area contributed by atoms with Gasteiger partial charge in [-0.3, -0.25) is 4.98 Å². The molecule has 6 aromatic carbocycles. The standard InChI is InChI=1S/C41H28N2S/c1-4-13-29(14-5-1)34-20-12-21-35(30-15-6-2-7-16-30)41(34)43(33-24-26-38(42-28-33)31-17-8-3-9-18-31)32-23-25-37-36-19-10-11-22-39(36)44-40(37)27-32/h1-28H. The third-order valence-corrected chi connectivity index (χ3v) is 9.26. The van der Waals surface area contributed by atoms with Crippen LogP contribution in [0.25, 0.3) is 53.7 Å². The van der Waals surface area contributed by atoms with Crippen molar-refractivity contribution in [1.82, 2.24) is 4.98 Å². The van der Waals surface area contributed by atoms with E-state index in [1.165, 1.54) is 31.3 Å². The number of benzene rings is 6. The fourth-order valence-electron chi connectivity index (χ4n) is 6.04. The number of para-hydroxylation sites is 1. The second-order valence-electron chi connectivity index (χ2n) is 10.8. The first kappa shape index (κ1) is 26.1. The molecular weight excluding hydrogens is 553 g/mol. The van der Waals surface area contributed by atoms with E-state index >= 15 is 0 Å². The van der Waals surface area contributed by atoms with Crippen LogP contribution in [0.2, 0.25) is 0 Å². The first-order valence-corrected chi connectivity index (χ1v) is 15.6. The number of aromatic nitrogens is 1. The summed E-state index contributed by atoms with van der Waals surface area (Å²) in [6.07, 6.45) is 2.01. The van der Waals surface area contributed by atoms with Gasteiger partial charge in [0.25, 0.3) is 0 Å². The van der Waals surface area contributed by atoms with E-state index in [1.54, 1.807) is 0 Å². The van der Waals surface area contributed by atoms with Crippen molar-refractivity contribution in [3.05, 3.63) is 170 Å². The molecule has 0 fully saturated rings. The Labute approximate surface area is 261 Å². The van der Waals surface area contributed by atoms with Crippen molar-refractivity contribution in [2.45, 2.75) is 0 Å². The van der Waals surface area contributed by atoms with E-state index < -0.39 is 0 Å². The Kier molecular flexibility index (Phi) is 6.71. The summed E-state index contributed by atoms with van der Waals surface area (Å²) in [6, 6.07) is 58.2. The molecule has 44 heavy (non-hydrogen) atoms. The number of fused-ring (bicyclic) bond motifs is 3. The third-order valence-electron chi connectivity index (χ3n) is 8.13. The van der Waals surface area contributed by atoms with Crippen LogP contribution in [0.4, 0.5) is 17.1 Å². The number of thiophene rings is 1. The average Bonchev–Trinajstić information content (AvgIpc) is 3.48. The Morgan fingerprint density at radius 1 is 0.432 bits per heavy atom. The Balaban J connectivity index is 1.40. The molecule has 208 valence electrons. The molecule has 2 nitrogen and oxygen atoms in total. The molecule has 3 heteroatoms. The maximum Gasteiger partial charge on any atom is 0.0703 e. The molecule has 0 aliphatic heterocycles. The molecule has 0 N–H and O–H groups in total. The monoisotopic (exact) mass is 580 g/mol. The van der Waals surface area contributed by atoms with Gasteiger partial charge in [0.05, 0.1) is 23.3 Å². The zero-order chi connectivity index (χ0) is 29.3. The van der Waals surface area contributed by atoms with Crippen LogP contribution in [0.1, 0.15) is 0 Å². The van der Waals surface area contributed by atoms with Crippen LogP contribution in [0.3, 0.4) is 0 Å². The zero-order valence-electron chi connectivity index (χ0n) is 24.0. The summed E-state index contributed by atoms with van der Waals surface area (Å²) in [7, 11) is 0. The number of hydrogen-bond donors (Lipinski definition) is 0. The van der Waals surface area contributed by atoms with Gasteiger partial charge >= 0.3 is 0 Å². The topological polar surface area (TPSA) is 16.1 Å². The molecule has 8 rings (SSSR count). The van der Waals surface area contributed by atoms with Crippen LogP contribution >= 0.6 is 11.3 Å². The highest BCUT2D eigenvalue weighted by Gasteiger charge is 2.23. The minimum atomic E-state index is 0.953. The SMILES string of the molecule is c1ccc(-c2ccc(N(c3ccc4c(c3)sc3ccccc34)c3c(-c4ccccc4)cccc3-c3ccccc3)cn2)cc1. The van der Waals surface area contributed by atoms with Crippen molar-refractivity contribution < 1.29 is 0 Å². The van der Waals surface area contributed by atoms with Crippen molar-refractivity contribution in [3.63, 3.8) is 0 Å². The maximum atomic E-state index is 4.98. The number of rotatable bonds is 6. The Morgan fingerprint density at radius 3 is 1.64 bits per heavy atom. The van der Waals surface area contributed by atoms with Crippen LogP contribution in [-0.4, -0.2) is 4.98 Å². The van der Waals surface area contributed by atoms with E-state index in [1.807, 2.05) is 23.6 Å². The van der Waals surface area contributed by atoms with Crippen LogP contribution in [-0.2, 0) is 0 Å². The van der Waals surface area contributed by atoms with Gasteiger partial charge in [0.1, 0.15) is 0 Å². The average molecular weight is 581 g/mol. The van der Waals surface area contributed by atoms with Gasteiger partial charge < -0.3 is 4.90 Å². The van der Waals surface area contributed by atoms with Crippen molar-refractivity contribution in [3.8, 4) is 33.5 Å². The van der Waals surface area contributed by atoms with E-state index in [9.17, 15) is 0 Å². The fraction of sp³-hybridized carbons (Fsp3) is 0. The molecule has 0 aliphatic carbocycles. The molecular formula is C41H28N2S. The van der Waals surface area contributed by atoms with Crippen molar-refractivity contribution in [2.75, 3.05) is 4.90 Å². The van der Waals surface area contributed by atoms with Gasteiger partial charge in [0, 0.05) is 42.6 Å². The van der Waals surface area contributed by atoms with Gasteiger partial charge in [0.2, 0.25) is 0 Å². The maximum absolute atomic E-state index is 4.98. The Hall–Kier alpha value is -5.51. The van der Waals surface area contributed by atoms with Crippen LogP contribution in [0.5, 0.6) is 0 Å². The molecule has 0 bridgehead atoms. The highest BCUT2D eigenvalue weighted by atomic mass is 32.1. The van der Waals surface area contributed by atoms with Gasteiger partial charge in [-0.25, -0.2) is 0 Å². The normalized spacial score (nSPS) is 11.2. The van der Waals surface area contributed by atoms with Gasteiger partial charge in [-0.05, 0) is 41.5 Å². The van der Waals surface area contributed by atoms with Crippen LogP contribution < -0.4 is 4.90 Å². The predicted molar refractivity (Wildman–Crippen MR) is 188 cm³/mol. The minimum absolute atomic E-state index is 0.953. The molecule has 0 spiro atoms. The van der Waals surface area contributed by atoms with Crippen molar-refractivity contribution in [2.24, 2.45) is 0 Å². The Bertz CT molecular complexity index is 2150. The summed E-state index contributed by atoms with van der Waals surface area (Å²) < 4.78 is 2.57. The zero-order valence-corrected chi connectivity index (χ0v) is 24.8. The largest absolute Gasteiger partial charge is 0.308 e. The predicted octanol–water partition coefficient (Wildman–Crippen LogP) is 11.9. The van der Waals surface area contributed by atoms with E-state index in [2.05, 4.69) is 163 Å². The quantitative estimate of drug-likeness (QED) is 0.194. The highest BCUT2D eigenvalue weighted by Crippen LogP contribution is 2.48. The molecule has 8 aromatic rings. The van der Waals surface area contributed by atoms with E-state index in [0.29, 0.717) is 0 Å². The smallest absolute Gasteiger partial charge is 0.0703 e. The molecule has 0 atom stereocenters. The summed E-state index contributed by atoms with van der Waals surface area (Å²) >= 11 is 1.84. The summed E-state index contributed by atoms with van der Waals surface area (Å²) in [5, 5.41) is 2.58. The number of nitrogens with zero attached hydrogens (tertiary/aromatic N) is 2. The molecule has 0 saturated heterocycles. The van der Waals surface area contributed by atoms with Crippen molar-refractivity contribution in [1.29, 1.82) is 0 Å². The number of pyridine rings is 1. The lowest BCUT2D eigenvalue weighted by Crippen LogP contribution is -2.13. The van der Waals surface area contributed by atoms with Gasteiger partial charge in [-0.1, -0.05) is 133 Å². The van der Waals surface area contributed by atoms with Gasteiger partial charge in [0.15, 0.2) is 0 Å². The lowest BCUT2D eigenvalue weighted by molar-refractivity contribution is 1.23. The molecule has 0 aliphatic rings. The second-order valence-corrected chi connectivity index (χ2v) is 11.9. The molecule has 0 amide bonds. The first-order chi connectivity index (χ1) is 21.8. The fourth-order valence-corrected chi connectivity index (χ4v) is 7.18.